The first-order valence-corrected chi connectivity index (χ1v) is 8.91. The highest BCUT2D eigenvalue weighted by Gasteiger charge is 2.17. The molecule has 14 heteroatoms. The molecule has 0 bridgehead atoms. The zero-order valence-corrected chi connectivity index (χ0v) is 13.2. The number of aromatic nitrogens is 1. The summed E-state index contributed by atoms with van der Waals surface area (Å²) < 4.78 is 34.0. The molecule has 0 radical (unpaired) electrons. The van der Waals surface area contributed by atoms with Gasteiger partial charge in [0.1, 0.15) is 12.4 Å². The molecule has 0 spiro atoms. The first-order chi connectivity index (χ1) is 10.6. The van der Waals surface area contributed by atoms with Crippen molar-refractivity contribution < 1.29 is 47.3 Å². The monoisotopic (exact) mass is 372 g/mol. The number of nitrogens with zero attached hydrogens (tertiary/aromatic N) is 1. The maximum Gasteiger partial charge on any atom is 0.469 e. The van der Waals surface area contributed by atoms with Crippen molar-refractivity contribution in [3.05, 3.63) is 23.9 Å². The van der Waals surface area contributed by atoms with Crippen LogP contribution in [0.3, 0.4) is 0 Å². The number of hydrogen-bond acceptors (Lipinski definition) is 7. The first kappa shape index (κ1) is 19.7. The Balaban J connectivity index is 2.51. The molecule has 0 aromatic carbocycles. The van der Waals surface area contributed by atoms with E-state index in [1.807, 2.05) is 0 Å². The topological polar surface area (TPSA) is 185 Å². The number of nitrogens with one attached hydrogen (secondary N) is 1. The summed E-state index contributed by atoms with van der Waals surface area (Å²) in [6.07, 6.45) is 0.309. The molecule has 0 saturated carbocycles. The number of amides is 1. The zero-order chi connectivity index (χ0) is 17.5. The third kappa shape index (κ3) is 9.39. The van der Waals surface area contributed by atoms with Crippen molar-refractivity contribution in [3.63, 3.8) is 0 Å². The summed E-state index contributed by atoms with van der Waals surface area (Å²) in [5.41, 5.74) is 0.180. The summed E-state index contributed by atoms with van der Waals surface area (Å²) in [6, 6.07) is 2.87. The van der Waals surface area contributed by atoms with Crippen LogP contribution >= 0.6 is 15.6 Å². The molecule has 130 valence electrons. The molecule has 1 rings (SSSR count). The van der Waals surface area contributed by atoms with Crippen molar-refractivity contribution in [2.24, 2.45) is 0 Å². The van der Waals surface area contributed by atoms with Crippen molar-refractivity contribution in [3.8, 4) is 0 Å². The highest BCUT2D eigenvalue weighted by Crippen LogP contribution is 2.37. The second kappa shape index (κ2) is 8.48. The average Bonchev–Trinajstić information content (AvgIpc) is 2.41. The lowest BCUT2D eigenvalue weighted by Gasteiger charge is -2.11. The van der Waals surface area contributed by atoms with Crippen LogP contribution in [-0.2, 0) is 29.5 Å². The molecule has 0 unspecified atom stereocenters. The van der Waals surface area contributed by atoms with E-state index in [4.69, 9.17) is 19.6 Å². The van der Waals surface area contributed by atoms with E-state index in [1.165, 1.54) is 18.3 Å². The summed E-state index contributed by atoms with van der Waals surface area (Å²) in [5.74, 6) is -0.0538. The molecule has 1 aromatic rings. The fraction of sp³-hybridized carbons (Fsp3) is 0.333. The van der Waals surface area contributed by atoms with Crippen LogP contribution in [0.5, 0.6) is 0 Å². The zero-order valence-electron chi connectivity index (χ0n) is 11.4. The summed E-state index contributed by atoms with van der Waals surface area (Å²) in [4.78, 5) is 49.4. The van der Waals surface area contributed by atoms with E-state index in [-0.39, 0.29) is 11.4 Å². The molecule has 1 amide bonds. The van der Waals surface area contributed by atoms with Crippen molar-refractivity contribution in [2.45, 2.75) is 6.61 Å². The molecule has 0 aliphatic rings. The Kier molecular flexibility index (Phi) is 7.26. The maximum absolute atomic E-state index is 11.5. The van der Waals surface area contributed by atoms with Crippen LogP contribution in [0.25, 0.3) is 0 Å². The number of pyridine rings is 1. The van der Waals surface area contributed by atoms with Gasteiger partial charge in [-0.2, -0.15) is 0 Å². The van der Waals surface area contributed by atoms with E-state index in [1.54, 1.807) is 0 Å². The number of carbonyl (C=O) groups excluding carboxylic acids is 1. The molecule has 0 fully saturated rings. The van der Waals surface area contributed by atoms with Gasteiger partial charge in [0.05, 0.1) is 13.2 Å². The fourth-order valence-corrected chi connectivity index (χ4v) is 1.86. The van der Waals surface area contributed by atoms with Crippen LogP contribution in [-0.4, -0.2) is 43.9 Å². The quantitative estimate of drug-likeness (QED) is 0.313. The highest BCUT2D eigenvalue weighted by atomic mass is 31.2. The van der Waals surface area contributed by atoms with Crippen LogP contribution in [0, 0.1) is 0 Å². The Morgan fingerprint density at radius 1 is 1.13 bits per heavy atom. The molecule has 0 aliphatic carbocycles. The predicted octanol–water partition coefficient (Wildman–Crippen LogP) is 0.349. The van der Waals surface area contributed by atoms with Gasteiger partial charge in [0.25, 0.3) is 0 Å². The Hall–Kier alpha value is -1.36. The normalized spacial score (nSPS) is 12.0. The third-order valence-electron chi connectivity index (χ3n) is 2.08. The lowest BCUT2D eigenvalue weighted by molar-refractivity contribution is 0.120. The van der Waals surface area contributed by atoms with Crippen molar-refractivity contribution >= 4 is 27.6 Å². The van der Waals surface area contributed by atoms with Crippen molar-refractivity contribution in [1.29, 1.82) is 0 Å². The lowest BCUT2D eigenvalue weighted by atomic mass is 10.3. The Morgan fingerprint density at radius 3 is 2.39 bits per heavy atom. The molecule has 1 heterocycles. The van der Waals surface area contributed by atoms with Gasteiger partial charge in [-0.05, 0) is 6.07 Å². The van der Waals surface area contributed by atoms with E-state index in [9.17, 15) is 13.9 Å². The number of phosphoric ester groups is 2. The average molecular weight is 372 g/mol. The molecule has 5 N–H and O–H groups in total. The molecular weight excluding hydrogens is 358 g/mol. The largest absolute Gasteiger partial charge is 0.469 e. The van der Waals surface area contributed by atoms with Crippen LogP contribution in [0.15, 0.2) is 18.3 Å². The SMILES string of the molecule is O=C(Nc1ncccc1COP(=O)(O)O)OCCOP(=O)(O)O. The molecule has 12 nitrogen and oxygen atoms in total. The number of phosphoric acid groups is 2. The molecule has 0 atom stereocenters. The van der Waals surface area contributed by atoms with E-state index < -0.39 is 41.6 Å². The maximum atomic E-state index is 11.5. The van der Waals surface area contributed by atoms with Gasteiger partial charge in [-0.1, -0.05) is 6.07 Å². The molecule has 1 aromatic heterocycles. The number of anilines is 1. The first-order valence-electron chi connectivity index (χ1n) is 5.85. The number of carbonyl (C=O) groups is 1. The minimum absolute atomic E-state index is 0.0538. The van der Waals surface area contributed by atoms with E-state index >= 15 is 0 Å². The Morgan fingerprint density at radius 2 is 1.78 bits per heavy atom. The van der Waals surface area contributed by atoms with Crippen LogP contribution in [0.2, 0.25) is 0 Å². The minimum Gasteiger partial charge on any atom is -0.447 e. The van der Waals surface area contributed by atoms with Crippen LogP contribution < -0.4 is 5.32 Å². The van der Waals surface area contributed by atoms with Crippen molar-refractivity contribution in [2.75, 3.05) is 18.5 Å². The van der Waals surface area contributed by atoms with Gasteiger partial charge in [0.2, 0.25) is 0 Å². The van der Waals surface area contributed by atoms with Crippen LogP contribution in [0.1, 0.15) is 5.56 Å². The van der Waals surface area contributed by atoms with E-state index in [0.717, 1.165) is 0 Å². The standard InChI is InChI=1S/C9H14N2O10P2/c12-9(19-4-5-20-22(13,14)15)11-8-7(2-1-3-10-8)6-21-23(16,17)18/h1-3H,4-6H2,(H,10,11,12)(H2,13,14,15)(H2,16,17,18). The fourth-order valence-electron chi connectivity index (χ4n) is 1.24. The number of rotatable bonds is 8. The summed E-state index contributed by atoms with van der Waals surface area (Å²) in [5, 5.41) is 2.19. The van der Waals surface area contributed by atoms with Crippen LogP contribution in [0.4, 0.5) is 10.6 Å². The molecule has 0 aliphatic heterocycles. The van der Waals surface area contributed by atoms with Gasteiger partial charge in [0.15, 0.2) is 0 Å². The molecule has 0 saturated heterocycles. The second-order valence-electron chi connectivity index (χ2n) is 3.86. The van der Waals surface area contributed by atoms with Gasteiger partial charge in [0, 0.05) is 11.8 Å². The summed E-state index contributed by atoms with van der Waals surface area (Å²) in [6.45, 7) is -1.46. The summed E-state index contributed by atoms with van der Waals surface area (Å²) >= 11 is 0. The number of ether oxygens (including phenoxy) is 1. The Labute approximate surface area is 129 Å². The lowest BCUT2D eigenvalue weighted by Crippen LogP contribution is -2.18. The van der Waals surface area contributed by atoms with Gasteiger partial charge in [-0.3, -0.25) is 14.4 Å². The van der Waals surface area contributed by atoms with E-state index in [2.05, 4.69) is 24.1 Å². The van der Waals surface area contributed by atoms with Gasteiger partial charge >= 0.3 is 21.7 Å². The van der Waals surface area contributed by atoms with Gasteiger partial charge < -0.3 is 24.3 Å². The molecule has 23 heavy (non-hydrogen) atoms. The third-order valence-corrected chi connectivity index (χ3v) is 3.06. The summed E-state index contributed by atoms with van der Waals surface area (Å²) in [7, 11) is -9.32. The predicted molar refractivity (Wildman–Crippen MR) is 74.0 cm³/mol. The van der Waals surface area contributed by atoms with E-state index in [0.29, 0.717) is 0 Å². The smallest absolute Gasteiger partial charge is 0.447 e. The number of hydrogen-bond donors (Lipinski definition) is 5. The Bertz CT molecular complexity index is 627. The van der Waals surface area contributed by atoms with Crippen molar-refractivity contribution in [1.82, 2.24) is 4.98 Å². The minimum atomic E-state index is -4.69. The molecular formula is C9H14N2O10P2. The van der Waals surface area contributed by atoms with Gasteiger partial charge in [-0.25, -0.2) is 18.9 Å². The highest BCUT2D eigenvalue weighted by molar-refractivity contribution is 7.46. The van der Waals surface area contributed by atoms with Gasteiger partial charge in [-0.15, -0.1) is 0 Å². The second-order valence-corrected chi connectivity index (χ2v) is 6.34.